The molecule has 1 aromatic carbocycles. The highest BCUT2D eigenvalue weighted by Gasteiger charge is 2.15. The van der Waals surface area contributed by atoms with Crippen LogP contribution in [0.15, 0.2) is 64.3 Å². The van der Waals surface area contributed by atoms with Crippen LogP contribution < -0.4 is 14.8 Å². The Morgan fingerprint density at radius 3 is 2.61 bits per heavy atom. The summed E-state index contributed by atoms with van der Waals surface area (Å²) in [4.78, 5) is 16.4. The summed E-state index contributed by atoms with van der Waals surface area (Å²) in [5.41, 5.74) is 1.69. The van der Waals surface area contributed by atoms with Crippen molar-refractivity contribution in [3.8, 4) is 5.88 Å². The molecule has 2 heterocycles. The number of nitrogens with zero attached hydrogens (tertiary/aromatic N) is 1. The van der Waals surface area contributed by atoms with Crippen molar-refractivity contribution in [2.45, 2.75) is 17.6 Å². The number of nitrogens with one attached hydrogen (secondary N) is 2. The van der Waals surface area contributed by atoms with Crippen LogP contribution >= 0.6 is 11.3 Å². The minimum absolute atomic E-state index is 0.137. The number of carbonyl (C=O) groups is 1. The fourth-order valence-corrected chi connectivity index (χ4v) is 4.48. The van der Waals surface area contributed by atoms with Crippen molar-refractivity contribution in [2.75, 3.05) is 16.6 Å². The number of hydrogen-bond donors (Lipinski definition) is 2. The summed E-state index contributed by atoms with van der Waals surface area (Å²) in [7, 11) is -3.59. The van der Waals surface area contributed by atoms with Crippen molar-refractivity contribution in [1.29, 1.82) is 0 Å². The number of hydrogen-bond acceptors (Lipinski definition) is 6. The zero-order chi connectivity index (χ0) is 20.0. The van der Waals surface area contributed by atoms with Crippen LogP contribution in [0.2, 0.25) is 0 Å². The van der Waals surface area contributed by atoms with E-state index in [0.29, 0.717) is 23.9 Å². The third-order valence-corrected chi connectivity index (χ3v) is 6.44. The normalized spacial score (nSPS) is 11.0. The lowest BCUT2D eigenvalue weighted by Gasteiger charge is -2.10. The summed E-state index contributed by atoms with van der Waals surface area (Å²) in [6, 6.07) is 13.3. The van der Waals surface area contributed by atoms with Crippen LogP contribution in [0.25, 0.3) is 0 Å². The van der Waals surface area contributed by atoms with Crippen LogP contribution in [0.1, 0.15) is 12.5 Å². The predicted molar refractivity (Wildman–Crippen MR) is 109 cm³/mol. The third kappa shape index (κ3) is 5.08. The molecule has 0 saturated heterocycles. The summed E-state index contributed by atoms with van der Waals surface area (Å²) in [5.74, 6) is 0.151. The second-order valence-electron chi connectivity index (χ2n) is 5.75. The minimum Gasteiger partial charge on any atom is -0.476 e. The Morgan fingerprint density at radius 1 is 1.14 bits per heavy atom. The van der Waals surface area contributed by atoms with Crippen LogP contribution in [-0.4, -0.2) is 25.9 Å². The van der Waals surface area contributed by atoms with Crippen molar-refractivity contribution in [3.63, 3.8) is 0 Å². The lowest BCUT2D eigenvalue weighted by molar-refractivity contribution is -0.115. The monoisotopic (exact) mass is 417 g/mol. The molecule has 2 N–H and O–H groups in total. The number of carbonyl (C=O) groups excluding carboxylic acids is 1. The fourth-order valence-electron chi connectivity index (χ4n) is 2.43. The number of thiophene rings is 1. The lowest BCUT2D eigenvalue weighted by atomic mass is 10.1. The molecule has 28 heavy (non-hydrogen) atoms. The number of sulfonamides is 1. The molecule has 3 aromatic rings. The van der Waals surface area contributed by atoms with Gasteiger partial charge in [0.15, 0.2) is 0 Å². The summed E-state index contributed by atoms with van der Waals surface area (Å²) in [5, 5.41) is 4.48. The van der Waals surface area contributed by atoms with E-state index in [0.717, 1.165) is 16.9 Å². The van der Waals surface area contributed by atoms with Gasteiger partial charge in [0.2, 0.25) is 11.8 Å². The number of aromatic nitrogens is 1. The first-order valence-electron chi connectivity index (χ1n) is 8.51. The molecule has 0 atom stereocenters. The maximum atomic E-state index is 12.3. The van der Waals surface area contributed by atoms with E-state index < -0.39 is 10.0 Å². The van der Waals surface area contributed by atoms with Gasteiger partial charge < -0.3 is 10.1 Å². The van der Waals surface area contributed by atoms with Crippen molar-refractivity contribution >= 4 is 38.6 Å². The minimum atomic E-state index is -3.59. The van der Waals surface area contributed by atoms with Gasteiger partial charge in [-0.25, -0.2) is 13.4 Å². The van der Waals surface area contributed by atoms with E-state index in [2.05, 4.69) is 15.0 Å². The van der Waals surface area contributed by atoms with Gasteiger partial charge in [0.05, 0.1) is 13.0 Å². The maximum absolute atomic E-state index is 12.3. The van der Waals surface area contributed by atoms with E-state index in [-0.39, 0.29) is 16.5 Å². The summed E-state index contributed by atoms with van der Waals surface area (Å²) in [6.07, 6.45) is 1.73. The van der Waals surface area contributed by atoms with Gasteiger partial charge in [-0.3, -0.25) is 9.52 Å². The molecule has 0 bridgehead atoms. The summed E-state index contributed by atoms with van der Waals surface area (Å²) < 4.78 is 32.6. The number of anilines is 2. The molecule has 2 aromatic heterocycles. The Labute approximate surface area is 167 Å². The SMILES string of the molecule is CCOc1ncccc1NC(=O)Cc1ccc(NS(=O)(=O)c2cccs2)cc1. The summed E-state index contributed by atoms with van der Waals surface area (Å²) in [6.45, 7) is 2.29. The van der Waals surface area contributed by atoms with Crippen LogP contribution in [-0.2, 0) is 21.2 Å². The van der Waals surface area contributed by atoms with E-state index in [1.54, 1.807) is 60.1 Å². The number of ether oxygens (including phenoxy) is 1. The van der Waals surface area contributed by atoms with Crippen molar-refractivity contribution < 1.29 is 17.9 Å². The second kappa shape index (κ2) is 8.85. The number of pyridine rings is 1. The molecule has 0 unspecified atom stereocenters. The van der Waals surface area contributed by atoms with Crippen LogP contribution in [0.4, 0.5) is 11.4 Å². The number of amides is 1. The smallest absolute Gasteiger partial charge is 0.271 e. The van der Waals surface area contributed by atoms with Crippen LogP contribution in [0.5, 0.6) is 5.88 Å². The van der Waals surface area contributed by atoms with E-state index >= 15 is 0 Å². The highest BCUT2D eigenvalue weighted by atomic mass is 32.2. The molecule has 0 aliphatic rings. The standard InChI is InChI=1S/C19H19N3O4S2/c1-2-26-19-16(5-3-11-20-19)21-17(23)13-14-7-9-15(10-8-14)22-28(24,25)18-6-4-12-27-18/h3-12,22H,2,13H2,1H3,(H,21,23). The first-order valence-corrected chi connectivity index (χ1v) is 10.9. The largest absolute Gasteiger partial charge is 0.476 e. The zero-order valence-electron chi connectivity index (χ0n) is 15.1. The molecule has 0 spiro atoms. The van der Waals surface area contributed by atoms with Crippen LogP contribution in [0, 0.1) is 0 Å². The average Bonchev–Trinajstić information content (AvgIpc) is 3.21. The summed E-state index contributed by atoms with van der Waals surface area (Å²) >= 11 is 1.15. The molecule has 0 aliphatic carbocycles. The Hall–Kier alpha value is -2.91. The van der Waals surface area contributed by atoms with Gasteiger partial charge in [-0.15, -0.1) is 11.3 Å². The number of rotatable bonds is 8. The fraction of sp³-hybridized carbons (Fsp3) is 0.158. The molecular formula is C19H19N3O4S2. The van der Waals surface area contributed by atoms with Crippen molar-refractivity contribution in [1.82, 2.24) is 4.98 Å². The first kappa shape index (κ1) is 19.8. The van der Waals surface area contributed by atoms with Crippen molar-refractivity contribution in [2.24, 2.45) is 0 Å². The van der Waals surface area contributed by atoms with E-state index in [4.69, 9.17) is 4.74 Å². The van der Waals surface area contributed by atoms with Gasteiger partial charge in [-0.2, -0.15) is 0 Å². The Kier molecular flexibility index (Phi) is 6.27. The van der Waals surface area contributed by atoms with E-state index in [9.17, 15) is 13.2 Å². The predicted octanol–water partition coefficient (Wildman–Crippen LogP) is 3.52. The molecule has 7 nitrogen and oxygen atoms in total. The third-order valence-electron chi connectivity index (χ3n) is 3.66. The second-order valence-corrected chi connectivity index (χ2v) is 8.61. The van der Waals surface area contributed by atoms with E-state index in [1.165, 1.54) is 0 Å². The Balaban J connectivity index is 1.62. The molecule has 0 saturated carbocycles. The van der Waals surface area contributed by atoms with Gasteiger partial charge in [-0.05, 0) is 48.2 Å². The van der Waals surface area contributed by atoms with Crippen LogP contribution in [0.3, 0.4) is 0 Å². The molecule has 0 aliphatic heterocycles. The van der Waals surface area contributed by atoms with Gasteiger partial charge in [-0.1, -0.05) is 18.2 Å². The topological polar surface area (TPSA) is 97.4 Å². The molecule has 0 radical (unpaired) electrons. The number of benzene rings is 1. The van der Waals surface area contributed by atoms with E-state index in [1.807, 2.05) is 6.92 Å². The quantitative estimate of drug-likeness (QED) is 0.584. The Morgan fingerprint density at radius 2 is 1.93 bits per heavy atom. The molecular weight excluding hydrogens is 398 g/mol. The van der Waals surface area contributed by atoms with Gasteiger partial charge >= 0.3 is 0 Å². The first-order chi connectivity index (χ1) is 13.5. The van der Waals surface area contributed by atoms with Gasteiger partial charge in [0.25, 0.3) is 10.0 Å². The maximum Gasteiger partial charge on any atom is 0.271 e. The van der Waals surface area contributed by atoms with Gasteiger partial charge in [0, 0.05) is 11.9 Å². The molecule has 1 amide bonds. The highest BCUT2D eigenvalue weighted by Crippen LogP contribution is 2.22. The molecule has 3 rings (SSSR count). The Bertz CT molecular complexity index is 1030. The lowest BCUT2D eigenvalue weighted by Crippen LogP contribution is -2.16. The van der Waals surface area contributed by atoms with Crippen molar-refractivity contribution in [3.05, 3.63) is 65.7 Å². The zero-order valence-corrected chi connectivity index (χ0v) is 16.7. The average molecular weight is 418 g/mol. The highest BCUT2D eigenvalue weighted by molar-refractivity contribution is 7.94. The van der Waals surface area contributed by atoms with Gasteiger partial charge in [0.1, 0.15) is 9.90 Å². The molecule has 0 fully saturated rings. The molecule has 146 valence electrons. The molecule has 9 heteroatoms.